The minimum Gasteiger partial charge on any atom is -0.392 e. The number of allylic oxidation sites excluding steroid dienone is 1. The van der Waals surface area contributed by atoms with Crippen LogP contribution >= 0.6 is 0 Å². The normalized spacial score (nSPS) is 28.1. The van der Waals surface area contributed by atoms with Crippen LogP contribution in [0.1, 0.15) is 68.9 Å². The van der Waals surface area contributed by atoms with E-state index in [9.17, 15) is 0 Å². The minimum absolute atomic E-state index is 0.188. The Kier molecular flexibility index (Phi) is 5.58. The lowest BCUT2D eigenvalue weighted by Crippen LogP contribution is -2.39. The smallest absolute Gasteiger partial charge is 0.0612 e. The molecule has 0 heterocycles. The zero-order valence-electron chi connectivity index (χ0n) is 14.6. The average molecular weight is 312 g/mol. The second-order valence-corrected chi connectivity index (χ2v) is 7.81. The van der Waals surface area contributed by atoms with Crippen molar-refractivity contribution in [2.45, 2.75) is 70.1 Å². The molecular formula is C22H32O. The van der Waals surface area contributed by atoms with Crippen LogP contribution in [0.4, 0.5) is 0 Å². The summed E-state index contributed by atoms with van der Waals surface area (Å²) in [5.41, 5.74) is 3.42. The van der Waals surface area contributed by atoms with Gasteiger partial charge in [0.05, 0.1) is 6.61 Å². The lowest BCUT2D eigenvalue weighted by Gasteiger charge is -2.47. The molecule has 3 rings (SSSR count). The summed E-state index contributed by atoms with van der Waals surface area (Å²) in [7, 11) is 0. The van der Waals surface area contributed by atoms with E-state index in [1.807, 2.05) is 6.08 Å². The molecule has 2 saturated carbocycles. The SMILES string of the molecule is Cc1ccc(C2(C3CCC(C=CCO)CC3)CCCCC2)cc1. The predicted octanol–water partition coefficient (Wildman–Crippen LogP) is 5.55. The fraction of sp³-hybridized carbons (Fsp3) is 0.636. The Labute approximate surface area is 141 Å². The third-order valence-electron chi connectivity index (χ3n) is 6.44. The van der Waals surface area contributed by atoms with E-state index in [-0.39, 0.29) is 6.61 Å². The van der Waals surface area contributed by atoms with Crippen LogP contribution in [0.5, 0.6) is 0 Å². The topological polar surface area (TPSA) is 20.2 Å². The van der Waals surface area contributed by atoms with Crippen LogP contribution in [0, 0.1) is 18.8 Å². The number of aliphatic hydroxyl groups excluding tert-OH is 1. The lowest BCUT2D eigenvalue weighted by molar-refractivity contribution is 0.136. The van der Waals surface area contributed by atoms with E-state index in [1.54, 1.807) is 5.56 Å². The molecule has 0 radical (unpaired) electrons. The van der Waals surface area contributed by atoms with Gasteiger partial charge in [-0.15, -0.1) is 0 Å². The van der Waals surface area contributed by atoms with Gasteiger partial charge in [0.2, 0.25) is 0 Å². The lowest BCUT2D eigenvalue weighted by atomic mass is 9.58. The third-order valence-corrected chi connectivity index (χ3v) is 6.44. The van der Waals surface area contributed by atoms with E-state index in [0.29, 0.717) is 11.3 Å². The Hall–Kier alpha value is -1.08. The first-order chi connectivity index (χ1) is 11.2. The highest BCUT2D eigenvalue weighted by Gasteiger charge is 2.42. The van der Waals surface area contributed by atoms with Gasteiger partial charge in [0.1, 0.15) is 0 Å². The summed E-state index contributed by atoms with van der Waals surface area (Å²) < 4.78 is 0. The van der Waals surface area contributed by atoms with Crippen molar-refractivity contribution in [3.05, 3.63) is 47.5 Å². The summed E-state index contributed by atoms with van der Waals surface area (Å²) in [6.07, 6.45) is 16.5. The number of benzene rings is 1. The molecule has 0 unspecified atom stereocenters. The van der Waals surface area contributed by atoms with Crippen molar-refractivity contribution in [3.8, 4) is 0 Å². The molecule has 0 aromatic heterocycles. The minimum atomic E-state index is 0.188. The van der Waals surface area contributed by atoms with Gasteiger partial charge in [0.15, 0.2) is 0 Å². The van der Waals surface area contributed by atoms with Crippen LogP contribution < -0.4 is 0 Å². The third kappa shape index (κ3) is 3.71. The zero-order valence-corrected chi connectivity index (χ0v) is 14.6. The van der Waals surface area contributed by atoms with Gasteiger partial charge in [-0.3, -0.25) is 0 Å². The van der Waals surface area contributed by atoms with Crippen LogP contribution in [0.15, 0.2) is 36.4 Å². The van der Waals surface area contributed by atoms with E-state index in [1.165, 1.54) is 63.4 Å². The van der Waals surface area contributed by atoms with E-state index in [2.05, 4.69) is 37.3 Å². The van der Waals surface area contributed by atoms with Crippen LogP contribution in [0.25, 0.3) is 0 Å². The van der Waals surface area contributed by atoms with E-state index in [4.69, 9.17) is 5.11 Å². The highest BCUT2D eigenvalue weighted by atomic mass is 16.2. The fourth-order valence-electron chi connectivity index (χ4n) is 5.12. The van der Waals surface area contributed by atoms with Crippen LogP contribution in [0.2, 0.25) is 0 Å². The molecule has 2 aliphatic rings. The standard InChI is InChI=1S/C22H32O/c1-18-7-11-20(12-8-18)22(15-3-2-4-16-22)21-13-9-19(10-14-21)6-5-17-23/h5-8,11-12,19,21,23H,2-4,9-10,13-17H2,1H3. The largest absolute Gasteiger partial charge is 0.392 e. The van der Waals surface area contributed by atoms with Gasteiger partial charge in [-0.1, -0.05) is 61.2 Å². The molecule has 1 N–H and O–H groups in total. The maximum absolute atomic E-state index is 8.98. The van der Waals surface area contributed by atoms with Crippen molar-refractivity contribution in [2.24, 2.45) is 11.8 Å². The average Bonchev–Trinajstić information content (AvgIpc) is 2.61. The van der Waals surface area contributed by atoms with Crippen molar-refractivity contribution in [2.75, 3.05) is 6.61 Å². The molecule has 2 aliphatic carbocycles. The van der Waals surface area contributed by atoms with Crippen molar-refractivity contribution in [1.82, 2.24) is 0 Å². The van der Waals surface area contributed by atoms with Crippen LogP contribution in [-0.2, 0) is 5.41 Å². The Morgan fingerprint density at radius 2 is 1.65 bits per heavy atom. The molecule has 23 heavy (non-hydrogen) atoms. The molecule has 0 atom stereocenters. The van der Waals surface area contributed by atoms with Gasteiger partial charge in [0, 0.05) is 0 Å². The van der Waals surface area contributed by atoms with Crippen molar-refractivity contribution in [3.63, 3.8) is 0 Å². The highest BCUT2D eigenvalue weighted by molar-refractivity contribution is 5.30. The second kappa shape index (κ2) is 7.66. The molecule has 0 amide bonds. The number of hydrogen-bond acceptors (Lipinski definition) is 1. The second-order valence-electron chi connectivity index (χ2n) is 7.81. The van der Waals surface area contributed by atoms with Gasteiger partial charge in [-0.2, -0.15) is 0 Å². The number of hydrogen-bond donors (Lipinski definition) is 1. The monoisotopic (exact) mass is 312 g/mol. The van der Waals surface area contributed by atoms with E-state index >= 15 is 0 Å². The molecule has 1 nitrogen and oxygen atoms in total. The maximum Gasteiger partial charge on any atom is 0.0612 e. The summed E-state index contributed by atoms with van der Waals surface area (Å²) in [6.45, 7) is 2.38. The quantitative estimate of drug-likeness (QED) is 0.722. The van der Waals surface area contributed by atoms with Crippen LogP contribution in [0.3, 0.4) is 0 Å². The first kappa shape index (κ1) is 16.8. The first-order valence-corrected chi connectivity index (χ1v) is 9.59. The van der Waals surface area contributed by atoms with Gasteiger partial charge >= 0.3 is 0 Å². The van der Waals surface area contributed by atoms with E-state index < -0.39 is 0 Å². The molecular weight excluding hydrogens is 280 g/mol. The summed E-state index contributed by atoms with van der Waals surface area (Å²) in [4.78, 5) is 0. The Morgan fingerprint density at radius 1 is 1.00 bits per heavy atom. The Bertz CT molecular complexity index is 499. The fourth-order valence-corrected chi connectivity index (χ4v) is 5.12. The predicted molar refractivity (Wildman–Crippen MR) is 97.6 cm³/mol. The Morgan fingerprint density at radius 3 is 2.26 bits per heavy atom. The Balaban J connectivity index is 1.77. The van der Waals surface area contributed by atoms with E-state index in [0.717, 1.165) is 5.92 Å². The molecule has 1 heteroatoms. The molecule has 0 spiro atoms. The number of rotatable bonds is 4. The van der Waals surface area contributed by atoms with Crippen molar-refractivity contribution in [1.29, 1.82) is 0 Å². The highest BCUT2D eigenvalue weighted by Crippen LogP contribution is 2.50. The maximum atomic E-state index is 8.98. The summed E-state index contributed by atoms with van der Waals surface area (Å²) in [5.74, 6) is 1.54. The molecule has 1 aromatic rings. The summed E-state index contributed by atoms with van der Waals surface area (Å²) in [5, 5.41) is 8.98. The molecule has 0 bridgehead atoms. The molecule has 2 fully saturated rings. The van der Waals surface area contributed by atoms with Crippen molar-refractivity contribution < 1.29 is 5.11 Å². The molecule has 126 valence electrons. The summed E-state index contributed by atoms with van der Waals surface area (Å²) in [6, 6.07) is 9.44. The molecule has 0 saturated heterocycles. The van der Waals surface area contributed by atoms with Gasteiger partial charge in [-0.25, -0.2) is 0 Å². The number of aryl methyl sites for hydroxylation is 1. The number of aliphatic hydroxyl groups is 1. The first-order valence-electron chi connectivity index (χ1n) is 9.59. The molecule has 1 aromatic carbocycles. The summed E-state index contributed by atoms with van der Waals surface area (Å²) >= 11 is 0. The molecule has 0 aliphatic heterocycles. The zero-order chi connectivity index (χ0) is 16.1. The van der Waals surface area contributed by atoms with Gasteiger partial charge in [-0.05, 0) is 68.3 Å². The van der Waals surface area contributed by atoms with Gasteiger partial charge in [0.25, 0.3) is 0 Å². The van der Waals surface area contributed by atoms with Crippen molar-refractivity contribution >= 4 is 0 Å². The van der Waals surface area contributed by atoms with Gasteiger partial charge < -0.3 is 5.11 Å². The van der Waals surface area contributed by atoms with Crippen LogP contribution in [-0.4, -0.2) is 11.7 Å².